The molecule has 4 aromatic carbocycles. The molecule has 4 N–H and O–H groups in total. The number of rotatable bonds is 6. The van der Waals surface area contributed by atoms with E-state index in [9.17, 15) is 9.90 Å². The van der Waals surface area contributed by atoms with Crippen LogP contribution >= 0.6 is 0 Å². The lowest BCUT2D eigenvalue weighted by Crippen LogP contribution is -2.37. The van der Waals surface area contributed by atoms with Crippen molar-refractivity contribution >= 4 is 5.91 Å². The number of carbonyl (C=O) groups is 1. The second-order valence-corrected chi connectivity index (χ2v) is 8.30. The van der Waals surface area contributed by atoms with Crippen molar-refractivity contribution in [3.05, 3.63) is 144 Å². The van der Waals surface area contributed by atoms with E-state index in [0.717, 1.165) is 11.1 Å². The first kappa shape index (κ1) is 23.1. The lowest BCUT2D eigenvalue weighted by Gasteiger charge is -2.33. The number of nitrogens with two attached hydrogens (primary N) is 1. The van der Waals surface area contributed by atoms with Gasteiger partial charge in [-0.1, -0.05) is 121 Å². The van der Waals surface area contributed by atoms with Gasteiger partial charge in [-0.2, -0.15) is 0 Å². The maximum atomic E-state index is 13.1. The van der Waals surface area contributed by atoms with Crippen LogP contribution in [0.3, 0.4) is 0 Å². The second-order valence-electron chi connectivity index (χ2n) is 8.30. The molecule has 0 spiro atoms. The van der Waals surface area contributed by atoms with E-state index in [0.29, 0.717) is 27.9 Å². The van der Waals surface area contributed by atoms with E-state index >= 15 is 0 Å². The predicted octanol–water partition coefficient (Wildman–Crippen LogP) is 4.70. The standard InChI is InChI=1S/C30H24N4O2/c31-32-29(35)28-26(30(36,23-17-9-3-10-18-23)24-19-11-4-12-20-24)25(21-13-5-1-6-14-21)27(33-34-28)22-15-7-2-8-16-22/h1-20,36H,31H2,(H,32,35). The largest absolute Gasteiger partial charge is 0.376 e. The highest BCUT2D eigenvalue weighted by Gasteiger charge is 2.41. The third-order valence-electron chi connectivity index (χ3n) is 6.17. The Morgan fingerprint density at radius 2 is 1.11 bits per heavy atom. The van der Waals surface area contributed by atoms with E-state index in [1.807, 2.05) is 121 Å². The molecular formula is C30H24N4O2. The first-order chi connectivity index (χ1) is 17.6. The van der Waals surface area contributed by atoms with Crippen LogP contribution in [-0.4, -0.2) is 21.2 Å². The molecule has 36 heavy (non-hydrogen) atoms. The summed E-state index contributed by atoms with van der Waals surface area (Å²) in [7, 11) is 0. The van der Waals surface area contributed by atoms with Gasteiger partial charge in [-0.15, -0.1) is 10.2 Å². The highest BCUT2D eigenvalue weighted by molar-refractivity contribution is 5.98. The molecule has 0 aliphatic carbocycles. The van der Waals surface area contributed by atoms with E-state index in [1.165, 1.54) is 0 Å². The highest BCUT2D eigenvalue weighted by atomic mass is 16.3. The highest BCUT2D eigenvalue weighted by Crippen LogP contribution is 2.45. The Bertz CT molecular complexity index is 1440. The van der Waals surface area contributed by atoms with E-state index in [4.69, 9.17) is 5.84 Å². The van der Waals surface area contributed by atoms with Gasteiger partial charge in [0.25, 0.3) is 5.91 Å². The third-order valence-corrected chi connectivity index (χ3v) is 6.17. The van der Waals surface area contributed by atoms with Crippen molar-refractivity contribution in [2.75, 3.05) is 0 Å². The second kappa shape index (κ2) is 9.92. The minimum atomic E-state index is -1.75. The molecule has 176 valence electrons. The van der Waals surface area contributed by atoms with Gasteiger partial charge in [0.2, 0.25) is 0 Å². The van der Waals surface area contributed by atoms with Crippen molar-refractivity contribution in [3.8, 4) is 22.4 Å². The number of nitrogens with zero attached hydrogens (tertiary/aromatic N) is 2. The molecule has 0 aliphatic heterocycles. The maximum absolute atomic E-state index is 13.1. The molecule has 0 bridgehead atoms. The topological polar surface area (TPSA) is 101 Å². The van der Waals surface area contributed by atoms with Crippen molar-refractivity contribution in [2.24, 2.45) is 5.84 Å². The van der Waals surface area contributed by atoms with Crippen LogP contribution in [0.4, 0.5) is 0 Å². The summed E-state index contributed by atoms with van der Waals surface area (Å²) < 4.78 is 0. The molecule has 1 heterocycles. The van der Waals surface area contributed by atoms with Crippen molar-refractivity contribution in [3.63, 3.8) is 0 Å². The van der Waals surface area contributed by atoms with E-state index in [1.54, 1.807) is 0 Å². The summed E-state index contributed by atoms with van der Waals surface area (Å²) in [6.45, 7) is 0. The van der Waals surface area contributed by atoms with Crippen LogP contribution in [0.2, 0.25) is 0 Å². The summed E-state index contributed by atoms with van der Waals surface area (Å²) in [6.07, 6.45) is 0. The Balaban J connectivity index is 1.98. The first-order valence-corrected chi connectivity index (χ1v) is 11.5. The average Bonchev–Trinajstić information content (AvgIpc) is 2.97. The van der Waals surface area contributed by atoms with Crippen LogP contribution in [-0.2, 0) is 5.60 Å². The summed E-state index contributed by atoms with van der Waals surface area (Å²) in [5.41, 5.74) is 4.51. The Hall–Kier alpha value is -4.65. The minimum Gasteiger partial charge on any atom is -0.376 e. The Morgan fingerprint density at radius 3 is 1.58 bits per heavy atom. The zero-order chi connectivity index (χ0) is 25.0. The van der Waals surface area contributed by atoms with Crippen molar-refractivity contribution in [1.29, 1.82) is 0 Å². The van der Waals surface area contributed by atoms with Crippen LogP contribution in [0.1, 0.15) is 27.2 Å². The van der Waals surface area contributed by atoms with Gasteiger partial charge < -0.3 is 5.11 Å². The molecule has 6 heteroatoms. The number of amides is 1. The van der Waals surface area contributed by atoms with Crippen LogP contribution < -0.4 is 11.3 Å². The molecule has 0 atom stereocenters. The van der Waals surface area contributed by atoms with E-state index < -0.39 is 11.5 Å². The fourth-order valence-electron chi connectivity index (χ4n) is 4.51. The van der Waals surface area contributed by atoms with Crippen molar-refractivity contribution in [1.82, 2.24) is 15.6 Å². The van der Waals surface area contributed by atoms with Gasteiger partial charge in [-0.05, 0) is 16.7 Å². The molecule has 0 aliphatic rings. The molecule has 5 rings (SSSR count). The summed E-state index contributed by atoms with van der Waals surface area (Å²) in [5, 5.41) is 21.6. The molecule has 0 saturated heterocycles. The van der Waals surface area contributed by atoms with Crippen LogP contribution in [0.5, 0.6) is 0 Å². The lowest BCUT2D eigenvalue weighted by atomic mass is 9.75. The normalized spacial score (nSPS) is 11.2. The number of nitrogen functional groups attached to an aromatic ring is 1. The molecule has 1 amide bonds. The predicted molar refractivity (Wildman–Crippen MR) is 140 cm³/mol. The van der Waals surface area contributed by atoms with Gasteiger partial charge >= 0.3 is 0 Å². The number of hydrogen-bond donors (Lipinski definition) is 3. The number of carbonyl (C=O) groups excluding carboxylic acids is 1. The van der Waals surface area contributed by atoms with Crippen LogP contribution in [0.25, 0.3) is 22.4 Å². The minimum absolute atomic E-state index is 0.0637. The lowest BCUT2D eigenvalue weighted by molar-refractivity contribution is 0.0923. The molecule has 1 aromatic heterocycles. The van der Waals surface area contributed by atoms with Gasteiger partial charge in [0.05, 0.1) is 0 Å². The first-order valence-electron chi connectivity index (χ1n) is 11.5. The number of nitrogens with one attached hydrogen (secondary N) is 1. The monoisotopic (exact) mass is 472 g/mol. The van der Waals surface area contributed by atoms with Gasteiger partial charge in [0.1, 0.15) is 11.3 Å². The van der Waals surface area contributed by atoms with E-state index in [-0.39, 0.29) is 5.69 Å². The zero-order valence-electron chi connectivity index (χ0n) is 19.4. The van der Waals surface area contributed by atoms with Crippen molar-refractivity contribution in [2.45, 2.75) is 5.60 Å². The summed E-state index contributed by atoms with van der Waals surface area (Å²) in [6, 6.07) is 37.6. The molecule has 6 nitrogen and oxygen atoms in total. The number of aromatic nitrogens is 2. The number of hydrogen-bond acceptors (Lipinski definition) is 5. The smallest absolute Gasteiger partial charge is 0.286 e. The molecular weight excluding hydrogens is 448 g/mol. The average molecular weight is 473 g/mol. The fraction of sp³-hybridized carbons (Fsp3) is 0.0333. The summed E-state index contributed by atoms with van der Waals surface area (Å²) in [4.78, 5) is 13.1. The zero-order valence-corrected chi connectivity index (χ0v) is 19.4. The number of hydrazine groups is 1. The Labute approximate surface area is 209 Å². The Kier molecular flexibility index (Phi) is 6.36. The summed E-state index contributed by atoms with van der Waals surface area (Å²) >= 11 is 0. The molecule has 0 saturated carbocycles. The number of benzene rings is 4. The molecule has 0 radical (unpaired) electrons. The van der Waals surface area contributed by atoms with E-state index in [2.05, 4.69) is 15.6 Å². The quantitative estimate of drug-likeness (QED) is 0.189. The molecule has 0 unspecified atom stereocenters. The van der Waals surface area contributed by atoms with Crippen molar-refractivity contribution < 1.29 is 9.90 Å². The fourth-order valence-corrected chi connectivity index (χ4v) is 4.51. The van der Waals surface area contributed by atoms with Crippen LogP contribution in [0.15, 0.2) is 121 Å². The van der Waals surface area contributed by atoms with Crippen LogP contribution in [0, 0.1) is 0 Å². The maximum Gasteiger partial charge on any atom is 0.286 e. The molecule has 5 aromatic rings. The third kappa shape index (κ3) is 4.05. The SMILES string of the molecule is NNC(=O)c1nnc(-c2ccccc2)c(-c2ccccc2)c1C(O)(c1ccccc1)c1ccccc1. The Morgan fingerprint density at radius 1 is 0.667 bits per heavy atom. The number of aliphatic hydroxyl groups is 1. The van der Waals surface area contributed by atoms with Gasteiger partial charge in [0, 0.05) is 16.7 Å². The molecule has 0 fully saturated rings. The van der Waals surface area contributed by atoms with Gasteiger partial charge in [-0.3, -0.25) is 10.2 Å². The van der Waals surface area contributed by atoms with Gasteiger partial charge in [-0.25, -0.2) is 5.84 Å². The van der Waals surface area contributed by atoms with Gasteiger partial charge in [0.15, 0.2) is 5.69 Å². The summed E-state index contributed by atoms with van der Waals surface area (Å²) in [5.74, 6) is 4.93.